The van der Waals surface area contributed by atoms with Gasteiger partial charge in [-0.3, -0.25) is 4.79 Å². The van der Waals surface area contributed by atoms with Crippen LogP contribution in [0, 0.1) is 6.92 Å². The van der Waals surface area contributed by atoms with Gasteiger partial charge in [-0.05, 0) is 47.1 Å². The van der Waals surface area contributed by atoms with Crippen LogP contribution in [0.5, 0.6) is 0 Å². The van der Waals surface area contributed by atoms with Crippen molar-refractivity contribution in [1.82, 2.24) is 0 Å². The first-order chi connectivity index (χ1) is 8.08. The molecular formula is C14H10BrClO. The van der Waals surface area contributed by atoms with E-state index in [1.165, 1.54) is 0 Å². The minimum atomic E-state index is -0.0110. The first-order valence-corrected chi connectivity index (χ1v) is 6.31. The lowest BCUT2D eigenvalue weighted by molar-refractivity contribution is 0.103. The number of hydrogen-bond acceptors (Lipinski definition) is 1. The lowest BCUT2D eigenvalue weighted by Crippen LogP contribution is -2.01. The van der Waals surface area contributed by atoms with Crippen LogP contribution in [0.2, 0.25) is 5.02 Å². The zero-order chi connectivity index (χ0) is 12.4. The Balaban J connectivity index is 2.40. The number of benzene rings is 2. The highest BCUT2D eigenvalue weighted by molar-refractivity contribution is 9.10. The molecule has 0 amide bonds. The Morgan fingerprint density at radius 3 is 2.47 bits per heavy atom. The molecule has 3 heteroatoms. The highest BCUT2D eigenvalue weighted by Crippen LogP contribution is 2.24. The predicted octanol–water partition coefficient (Wildman–Crippen LogP) is 4.64. The van der Waals surface area contributed by atoms with Crippen LogP contribution in [-0.2, 0) is 0 Å². The van der Waals surface area contributed by atoms with Crippen molar-refractivity contribution in [2.75, 3.05) is 0 Å². The summed E-state index contributed by atoms with van der Waals surface area (Å²) < 4.78 is 0.792. The van der Waals surface area contributed by atoms with Crippen LogP contribution < -0.4 is 0 Å². The number of carbonyl (C=O) groups is 1. The van der Waals surface area contributed by atoms with Crippen LogP contribution in [0.1, 0.15) is 21.5 Å². The fraction of sp³-hybridized carbons (Fsp3) is 0.0714. The van der Waals surface area contributed by atoms with E-state index in [1.54, 1.807) is 18.2 Å². The molecule has 2 aromatic rings. The summed E-state index contributed by atoms with van der Waals surface area (Å²) in [6, 6.07) is 12.8. The van der Waals surface area contributed by atoms with Crippen molar-refractivity contribution < 1.29 is 4.79 Å². The number of aryl methyl sites for hydroxylation is 1. The third kappa shape index (κ3) is 2.76. The second-order valence-electron chi connectivity index (χ2n) is 3.83. The maximum Gasteiger partial charge on any atom is 0.193 e. The van der Waals surface area contributed by atoms with E-state index in [0.29, 0.717) is 16.1 Å². The van der Waals surface area contributed by atoms with E-state index < -0.39 is 0 Å². The monoisotopic (exact) mass is 308 g/mol. The van der Waals surface area contributed by atoms with Gasteiger partial charge in [-0.25, -0.2) is 0 Å². The summed E-state index contributed by atoms with van der Waals surface area (Å²) in [7, 11) is 0. The maximum atomic E-state index is 12.2. The maximum absolute atomic E-state index is 12.2. The van der Waals surface area contributed by atoms with E-state index in [1.807, 2.05) is 31.2 Å². The molecule has 0 aliphatic carbocycles. The third-order valence-corrected chi connectivity index (χ3v) is 3.69. The summed E-state index contributed by atoms with van der Waals surface area (Å²) in [6.07, 6.45) is 0. The lowest BCUT2D eigenvalue weighted by atomic mass is 10.0. The Labute approximate surface area is 114 Å². The van der Waals surface area contributed by atoms with Crippen molar-refractivity contribution in [1.29, 1.82) is 0 Å². The number of rotatable bonds is 2. The van der Waals surface area contributed by atoms with Crippen LogP contribution in [0.3, 0.4) is 0 Å². The number of carbonyl (C=O) groups excluding carboxylic acids is 1. The Kier molecular flexibility index (Phi) is 3.65. The standard InChI is InChI=1S/C14H10BrClO/c1-9-3-2-4-10(7-9)14(17)11-5-6-12(15)13(16)8-11/h2-8H,1H3. The van der Waals surface area contributed by atoms with Crippen molar-refractivity contribution in [3.8, 4) is 0 Å². The molecule has 0 N–H and O–H groups in total. The molecular weight excluding hydrogens is 300 g/mol. The first-order valence-electron chi connectivity index (χ1n) is 5.14. The fourth-order valence-electron chi connectivity index (χ4n) is 1.59. The largest absolute Gasteiger partial charge is 0.289 e. The first kappa shape index (κ1) is 12.3. The van der Waals surface area contributed by atoms with Gasteiger partial charge in [0.25, 0.3) is 0 Å². The average molecular weight is 310 g/mol. The van der Waals surface area contributed by atoms with Crippen molar-refractivity contribution in [3.05, 3.63) is 68.7 Å². The second kappa shape index (κ2) is 5.03. The number of halogens is 2. The van der Waals surface area contributed by atoms with Crippen LogP contribution >= 0.6 is 27.5 Å². The van der Waals surface area contributed by atoms with E-state index in [2.05, 4.69) is 15.9 Å². The summed E-state index contributed by atoms with van der Waals surface area (Å²) in [6.45, 7) is 1.96. The highest BCUT2D eigenvalue weighted by atomic mass is 79.9. The molecule has 17 heavy (non-hydrogen) atoms. The molecule has 0 spiro atoms. The molecule has 1 nitrogen and oxygen atoms in total. The molecule has 0 heterocycles. The summed E-state index contributed by atoms with van der Waals surface area (Å²) >= 11 is 9.28. The van der Waals surface area contributed by atoms with Gasteiger partial charge in [-0.1, -0.05) is 35.4 Å². The average Bonchev–Trinajstić information content (AvgIpc) is 2.32. The van der Waals surface area contributed by atoms with E-state index in [9.17, 15) is 4.79 Å². The molecule has 0 bridgehead atoms. The molecule has 0 fully saturated rings. The molecule has 0 atom stereocenters. The Hall–Kier alpha value is -1.12. The quantitative estimate of drug-likeness (QED) is 0.738. The van der Waals surface area contributed by atoms with E-state index in [0.717, 1.165) is 10.0 Å². The lowest BCUT2D eigenvalue weighted by Gasteiger charge is -2.04. The molecule has 0 saturated heterocycles. The molecule has 86 valence electrons. The molecule has 0 aliphatic rings. The summed E-state index contributed by atoms with van der Waals surface area (Å²) in [5, 5.41) is 0.545. The van der Waals surface area contributed by atoms with Crippen LogP contribution in [0.15, 0.2) is 46.9 Å². The van der Waals surface area contributed by atoms with E-state index in [-0.39, 0.29) is 5.78 Å². The van der Waals surface area contributed by atoms with Gasteiger partial charge in [0, 0.05) is 15.6 Å². The summed E-state index contributed by atoms with van der Waals surface area (Å²) in [4.78, 5) is 12.2. The van der Waals surface area contributed by atoms with Crippen molar-refractivity contribution in [2.45, 2.75) is 6.92 Å². The highest BCUT2D eigenvalue weighted by Gasteiger charge is 2.10. The normalized spacial score (nSPS) is 10.3. The summed E-state index contributed by atoms with van der Waals surface area (Å²) in [5.41, 5.74) is 2.35. The van der Waals surface area contributed by atoms with Crippen LogP contribution in [0.4, 0.5) is 0 Å². The molecule has 2 rings (SSSR count). The van der Waals surface area contributed by atoms with E-state index in [4.69, 9.17) is 11.6 Å². The van der Waals surface area contributed by atoms with Gasteiger partial charge in [-0.2, -0.15) is 0 Å². The van der Waals surface area contributed by atoms with Gasteiger partial charge in [-0.15, -0.1) is 0 Å². The van der Waals surface area contributed by atoms with Crippen molar-refractivity contribution >= 4 is 33.3 Å². The van der Waals surface area contributed by atoms with Gasteiger partial charge < -0.3 is 0 Å². The predicted molar refractivity (Wildman–Crippen MR) is 73.8 cm³/mol. The minimum Gasteiger partial charge on any atom is -0.289 e. The molecule has 0 saturated carbocycles. The summed E-state index contributed by atoms with van der Waals surface area (Å²) in [5.74, 6) is -0.0110. The van der Waals surface area contributed by atoms with Gasteiger partial charge in [0.2, 0.25) is 0 Å². The Bertz CT molecular complexity index is 578. The molecule has 0 aromatic heterocycles. The number of hydrogen-bond donors (Lipinski definition) is 0. The Morgan fingerprint density at radius 2 is 1.82 bits per heavy atom. The SMILES string of the molecule is Cc1cccc(C(=O)c2ccc(Br)c(Cl)c2)c1. The topological polar surface area (TPSA) is 17.1 Å². The second-order valence-corrected chi connectivity index (χ2v) is 5.09. The van der Waals surface area contributed by atoms with Crippen molar-refractivity contribution in [2.24, 2.45) is 0 Å². The van der Waals surface area contributed by atoms with Gasteiger partial charge in [0.1, 0.15) is 0 Å². The van der Waals surface area contributed by atoms with E-state index >= 15 is 0 Å². The minimum absolute atomic E-state index is 0.0110. The smallest absolute Gasteiger partial charge is 0.193 e. The molecule has 0 aliphatic heterocycles. The molecule has 0 radical (unpaired) electrons. The third-order valence-electron chi connectivity index (χ3n) is 2.46. The zero-order valence-corrected chi connectivity index (χ0v) is 11.5. The van der Waals surface area contributed by atoms with Crippen molar-refractivity contribution in [3.63, 3.8) is 0 Å². The number of ketones is 1. The van der Waals surface area contributed by atoms with Gasteiger partial charge >= 0.3 is 0 Å². The van der Waals surface area contributed by atoms with Gasteiger partial charge in [0.15, 0.2) is 5.78 Å². The molecule has 2 aromatic carbocycles. The molecule has 0 unspecified atom stereocenters. The zero-order valence-electron chi connectivity index (χ0n) is 9.21. The van der Waals surface area contributed by atoms with Gasteiger partial charge in [0.05, 0.1) is 5.02 Å². The fourth-order valence-corrected chi connectivity index (χ4v) is 2.02. The Morgan fingerprint density at radius 1 is 1.12 bits per heavy atom. The van der Waals surface area contributed by atoms with Crippen LogP contribution in [-0.4, -0.2) is 5.78 Å². The van der Waals surface area contributed by atoms with Crippen LogP contribution in [0.25, 0.3) is 0 Å².